The molecule has 0 aliphatic rings. The second-order valence-corrected chi connectivity index (χ2v) is 3.56. The summed E-state index contributed by atoms with van der Waals surface area (Å²) in [5.41, 5.74) is 0. The molecule has 0 aliphatic heterocycles. The number of hydrogen-bond acceptors (Lipinski definition) is 2. The lowest BCUT2D eigenvalue weighted by atomic mass is 10.0. The molecule has 15 heavy (non-hydrogen) atoms. The SMILES string of the molecule is CCC(CC)CNCC(C#N)C(F)(F)F. The first-order valence-electron chi connectivity index (χ1n) is 5.12. The maximum absolute atomic E-state index is 12.1. The summed E-state index contributed by atoms with van der Waals surface area (Å²) in [6.07, 6.45) is -2.55. The first kappa shape index (κ1) is 14.2. The highest BCUT2D eigenvalue weighted by Gasteiger charge is 2.39. The average Bonchev–Trinajstić information content (AvgIpc) is 2.16. The van der Waals surface area contributed by atoms with E-state index in [1.54, 1.807) is 0 Å². The van der Waals surface area contributed by atoms with Gasteiger partial charge in [-0.2, -0.15) is 18.4 Å². The highest BCUT2D eigenvalue weighted by molar-refractivity contribution is 4.89. The van der Waals surface area contributed by atoms with Crippen molar-refractivity contribution in [3.05, 3.63) is 0 Å². The third kappa shape index (κ3) is 5.63. The summed E-state index contributed by atoms with van der Waals surface area (Å²) in [7, 11) is 0. The van der Waals surface area contributed by atoms with Gasteiger partial charge >= 0.3 is 6.18 Å². The van der Waals surface area contributed by atoms with Gasteiger partial charge in [-0.25, -0.2) is 0 Å². The summed E-state index contributed by atoms with van der Waals surface area (Å²) >= 11 is 0. The lowest BCUT2D eigenvalue weighted by Gasteiger charge is -2.17. The van der Waals surface area contributed by atoms with E-state index in [-0.39, 0.29) is 6.54 Å². The molecule has 0 rings (SSSR count). The molecule has 0 radical (unpaired) electrons. The molecule has 88 valence electrons. The third-order valence-corrected chi connectivity index (χ3v) is 2.49. The first-order valence-corrected chi connectivity index (χ1v) is 5.12. The van der Waals surface area contributed by atoms with Crippen molar-refractivity contribution in [2.24, 2.45) is 11.8 Å². The summed E-state index contributed by atoms with van der Waals surface area (Å²) in [5, 5.41) is 11.0. The molecule has 5 heteroatoms. The van der Waals surface area contributed by atoms with Crippen molar-refractivity contribution in [3.63, 3.8) is 0 Å². The van der Waals surface area contributed by atoms with Crippen molar-refractivity contribution >= 4 is 0 Å². The fourth-order valence-corrected chi connectivity index (χ4v) is 1.24. The van der Waals surface area contributed by atoms with Crippen LogP contribution in [0.15, 0.2) is 0 Å². The Morgan fingerprint density at radius 2 is 1.73 bits per heavy atom. The molecule has 0 fully saturated rings. The average molecular weight is 222 g/mol. The van der Waals surface area contributed by atoms with Crippen molar-refractivity contribution in [3.8, 4) is 6.07 Å². The van der Waals surface area contributed by atoms with Gasteiger partial charge in [-0.15, -0.1) is 0 Å². The second kappa shape index (κ2) is 6.67. The Kier molecular flexibility index (Phi) is 6.34. The van der Waals surface area contributed by atoms with Crippen molar-refractivity contribution in [2.75, 3.05) is 13.1 Å². The molecule has 0 aromatic carbocycles. The van der Waals surface area contributed by atoms with E-state index >= 15 is 0 Å². The van der Waals surface area contributed by atoms with Crippen molar-refractivity contribution in [2.45, 2.75) is 32.9 Å². The molecule has 0 spiro atoms. The molecule has 0 saturated carbocycles. The van der Waals surface area contributed by atoms with Crippen LogP contribution < -0.4 is 5.32 Å². The molecular formula is C10H17F3N2. The molecule has 1 unspecified atom stereocenters. The van der Waals surface area contributed by atoms with Gasteiger partial charge in [0.05, 0.1) is 6.07 Å². The van der Waals surface area contributed by atoms with Gasteiger partial charge in [0.1, 0.15) is 0 Å². The van der Waals surface area contributed by atoms with Crippen molar-refractivity contribution in [1.82, 2.24) is 5.32 Å². The Bertz CT molecular complexity index is 204. The fraction of sp³-hybridized carbons (Fsp3) is 0.900. The van der Waals surface area contributed by atoms with Crippen LogP contribution in [-0.4, -0.2) is 19.3 Å². The minimum atomic E-state index is -4.42. The lowest BCUT2D eigenvalue weighted by Crippen LogP contribution is -2.34. The molecule has 0 saturated heterocycles. The van der Waals surface area contributed by atoms with Crippen LogP contribution >= 0.6 is 0 Å². The zero-order valence-corrected chi connectivity index (χ0v) is 9.06. The van der Waals surface area contributed by atoms with Gasteiger partial charge in [0.2, 0.25) is 0 Å². The molecule has 0 amide bonds. The van der Waals surface area contributed by atoms with E-state index in [0.29, 0.717) is 12.5 Å². The molecule has 0 aromatic heterocycles. The van der Waals surface area contributed by atoms with Gasteiger partial charge < -0.3 is 5.32 Å². The smallest absolute Gasteiger partial charge is 0.315 e. The molecule has 0 aliphatic carbocycles. The highest BCUT2D eigenvalue weighted by atomic mass is 19.4. The van der Waals surface area contributed by atoms with E-state index in [1.807, 2.05) is 13.8 Å². The van der Waals surface area contributed by atoms with Crippen molar-refractivity contribution in [1.29, 1.82) is 5.26 Å². The summed E-state index contributed by atoms with van der Waals surface area (Å²) in [6, 6.07) is 1.26. The van der Waals surface area contributed by atoms with E-state index in [2.05, 4.69) is 5.32 Å². The van der Waals surface area contributed by atoms with E-state index < -0.39 is 12.1 Å². The predicted octanol–water partition coefficient (Wildman–Crippen LogP) is 2.71. The molecule has 0 aromatic rings. The molecule has 1 N–H and O–H groups in total. The predicted molar refractivity (Wildman–Crippen MR) is 52.1 cm³/mol. The minimum Gasteiger partial charge on any atom is -0.315 e. The first-order chi connectivity index (χ1) is 6.95. The van der Waals surface area contributed by atoms with Gasteiger partial charge in [-0.3, -0.25) is 0 Å². The minimum absolute atomic E-state index is 0.309. The van der Waals surface area contributed by atoms with Crippen LogP contribution in [0.5, 0.6) is 0 Å². The van der Waals surface area contributed by atoms with Gasteiger partial charge in [-0.1, -0.05) is 26.7 Å². The standard InChI is InChI=1S/C10H17F3N2/c1-3-8(4-2)6-15-7-9(5-14)10(11,12)13/h8-9,15H,3-4,6-7H2,1-2H3. The maximum atomic E-state index is 12.1. The Hall–Kier alpha value is -0.760. The van der Waals surface area contributed by atoms with Crippen molar-refractivity contribution < 1.29 is 13.2 Å². The summed E-state index contributed by atoms with van der Waals surface area (Å²) < 4.78 is 36.4. The van der Waals surface area contributed by atoms with Gasteiger partial charge in [0, 0.05) is 6.54 Å². The normalized spacial score (nSPS) is 13.9. The van der Waals surface area contributed by atoms with Crippen LogP contribution in [-0.2, 0) is 0 Å². The Morgan fingerprint density at radius 1 is 1.20 bits per heavy atom. The zero-order valence-electron chi connectivity index (χ0n) is 9.06. The molecule has 2 nitrogen and oxygen atoms in total. The number of nitriles is 1. The maximum Gasteiger partial charge on any atom is 0.405 e. The van der Waals surface area contributed by atoms with E-state index in [0.717, 1.165) is 12.8 Å². The Labute approximate surface area is 88.5 Å². The Balaban J connectivity index is 3.89. The number of rotatable bonds is 6. The van der Waals surface area contributed by atoms with Crippen LogP contribution in [0, 0.1) is 23.2 Å². The summed E-state index contributed by atoms with van der Waals surface area (Å²) in [6.45, 7) is 4.24. The fourth-order valence-electron chi connectivity index (χ4n) is 1.24. The molecule has 0 bridgehead atoms. The van der Waals surface area contributed by atoms with Crippen LogP contribution in [0.25, 0.3) is 0 Å². The van der Waals surface area contributed by atoms with Crippen LogP contribution in [0.1, 0.15) is 26.7 Å². The monoisotopic (exact) mass is 222 g/mol. The lowest BCUT2D eigenvalue weighted by molar-refractivity contribution is -0.157. The summed E-state index contributed by atoms with van der Waals surface area (Å²) in [5.74, 6) is -1.51. The topological polar surface area (TPSA) is 35.8 Å². The quantitative estimate of drug-likeness (QED) is 0.750. The number of nitrogens with zero attached hydrogens (tertiary/aromatic N) is 1. The molecule has 1 atom stereocenters. The van der Waals surface area contributed by atoms with Crippen LogP contribution in [0.3, 0.4) is 0 Å². The Morgan fingerprint density at radius 3 is 2.07 bits per heavy atom. The van der Waals surface area contributed by atoms with Crippen LogP contribution in [0.2, 0.25) is 0 Å². The largest absolute Gasteiger partial charge is 0.405 e. The van der Waals surface area contributed by atoms with E-state index in [9.17, 15) is 13.2 Å². The van der Waals surface area contributed by atoms with Gasteiger partial charge in [0.15, 0.2) is 5.92 Å². The number of nitrogens with one attached hydrogen (secondary N) is 1. The number of halogens is 3. The number of hydrogen-bond donors (Lipinski definition) is 1. The third-order valence-electron chi connectivity index (χ3n) is 2.49. The zero-order chi connectivity index (χ0) is 11.9. The van der Waals surface area contributed by atoms with E-state index in [1.165, 1.54) is 6.07 Å². The molecular weight excluding hydrogens is 205 g/mol. The summed E-state index contributed by atoms with van der Waals surface area (Å²) in [4.78, 5) is 0. The molecule has 0 heterocycles. The number of alkyl halides is 3. The van der Waals surface area contributed by atoms with E-state index in [4.69, 9.17) is 5.26 Å². The second-order valence-electron chi connectivity index (χ2n) is 3.56. The highest BCUT2D eigenvalue weighted by Crippen LogP contribution is 2.24. The van der Waals surface area contributed by atoms with Gasteiger partial charge in [0.25, 0.3) is 0 Å². The van der Waals surface area contributed by atoms with Crippen LogP contribution in [0.4, 0.5) is 13.2 Å². The van der Waals surface area contributed by atoms with Gasteiger partial charge in [-0.05, 0) is 12.5 Å².